The first-order valence-corrected chi connectivity index (χ1v) is 5.78. The van der Waals surface area contributed by atoms with Gasteiger partial charge in [-0.2, -0.15) is 4.98 Å². The molecule has 4 heteroatoms. The third kappa shape index (κ3) is 2.30. The number of anilines is 1. The average Bonchev–Trinajstić information content (AvgIpc) is 2.77. The van der Waals surface area contributed by atoms with Gasteiger partial charge in [0.25, 0.3) is 0 Å². The van der Waals surface area contributed by atoms with Gasteiger partial charge in [-0.05, 0) is 18.1 Å². The molecule has 0 amide bonds. The van der Waals surface area contributed by atoms with Crippen molar-refractivity contribution in [3.05, 3.63) is 30.2 Å². The van der Waals surface area contributed by atoms with Crippen LogP contribution in [0.2, 0.25) is 0 Å². The number of hydrogen-bond donors (Lipinski definition) is 1. The number of nitrogens with zero attached hydrogens (tertiary/aromatic N) is 2. The van der Waals surface area contributed by atoms with Gasteiger partial charge in [0.05, 0.1) is 0 Å². The molecular formula is C13H17N3O. The molecule has 2 aromatic rings. The second-order valence-electron chi connectivity index (χ2n) is 4.58. The topological polar surface area (TPSA) is 64.9 Å². The van der Waals surface area contributed by atoms with Crippen LogP contribution in [0.5, 0.6) is 0 Å². The molecule has 0 spiro atoms. The van der Waals surface area contributed by atoms with E-state index in [0.717, 1.165) is 5.56 Å². The van der Waals surface area contributed by atoms with Crippen LogP contribution in [-0.4, -0.2) is 10.1 Å². The molecule has 0 bridgehead atoms. The van der Waals surface area contributed by atoms with Crippen LogP contribution in [0.4, 0.5) is 5.69 Å². The van der Waals surface area contributed by atoms with E-state index in [1.807, 2.05) is 24.3 Å². The van der Waals surface area contributed by atoms with E-state index in [-0.39, 0.29) is 5.92 Å². The Hall–Kier alpha value is -1.84. The van der Waals surface area contributed by atoms with Crippen molar-refractivity contribution in [2.24, 2.45) is 5.92 Å². The maximum absolute atomic E-state index is 5.88. The van der Waals surface area contributed by atoms with Crippen molar-refractivity contribution in [1.82, 2.24) is 10.1 Å². The number of para-hydroxylation sites is 1. The molecule has 90 valence electrons. The van der Waals surface area contributed by atoms with Crippen LogP contribution in [0.25, 0.3) is 11.4 Å². The van der Waals surface area contributed by atoms with Crippen molar-refractivity contribution in [3.8, 4) is 11.4 Å². The van der Waals surface area contributed by atoms with Gasteiger partial charge < -0.3 is 10.3 Å². The Morgan fingerprint density at radius 2 is 1.88 bits per heavy atom. The van der Waals surface area contributed by atoms with E-state index in [0.29, 0.717) is 23.3 Å². The maximum atomic E-state index is 5.88. The van der Waals surface area contributed by atoms with Crippen molar-refractivity contribution >= 4 is 5.69 Å². The molecule has 0 radical (unpaired) electrons. The van der Waals surface area contributed by atoms with Gasteiger partial charge in [0.2, 0.25) is 11.7 Å². The summed E-state index contributed by atoms with van der Waals surface area (Å²) in [5, 5.41) is 3.98. The Bertz CT molecular complexity index is 505. The summed E-state index contributed by atoms with van der Waals surface area (Å²) in [5.41, 5.74) is 7.36. The van der Waals surface area contributed by atoms with Gasteiger partial charge in [0, 0.05) is 17.2 Å². The predicted molar refractivity (Wildman–Crippen MR) is 67.4 cm³/mol. The Morgan fingerprint density at radius 1 is 1.18 bits per heavy atom. The molecule has 2 rings (SSSR count). The lowest BCUT2D eigenvalue weighted by Crippen LogP contribution is -2.02. The normalized spacial score (nSPS) is 12.9. The zero-order valence-electron chi connectivity index (χ0n) is 10.3. The number of hydrogen-bond acceptors (Lipinski definition) is 4. The van der Waals surface area contributed by atoms with E-state index in [9.17, 15) is 0 Å². The van der Waals surface area contributed by atoms with Crippen LogP contribution in [0.1, 0.15) is 32.6 Å². The Kier molecular flexibility index (Phi) is 3.13. The highest BCUT2D eigenvalue weighted by atomic mass is 16.5. The zero-order valence-corrected chi connectivity index (χ0v) is 10.3. The lowest BCUT2D eigenvalue weighted by Gasteiger charge is -2.08. The van der Waals surface area contributed by atoms with Crippen LogP contribution >= 0.6 is 0 Å². The van der Waals surface area contributed by atoms with Gasteiger partial charge in [0.1, 0.15) is 0 Å². The molecule has 1 heterocycles. The molecule has 4 nitrogen and oxygen atoms in total. The number of aromatic nitrogens is 2. The average molecular weight is 231 g/mol. The molecule has 0 aliphatic carbocycles. The summed E-state index contributed by atoms with van der Waals surface area (Å²) in [6.45, 7) is 6.34. The smallest absolute Gasteiger partial charge is 0.230 e. The van der Waals surface area contributed by atoms with Gasteiger partial charge in [-0.3, -0.25) is 0 Å². The molecule has 2 N–H and O–H groups in total. The molecule has 1 unspecified atom stereocenters. The summed E-state index contributed by atoms with van der Waals surface area (Å²) in [4.78, 5) is 4.40. The fourth-order valence-corrected chi connectivity index (χ4v) is 1.52. The lowest BCUT2D eigenvalue weighted by molar-refractivity contribution is 0.332. The van der Waals surface area contributed by atoms with E-state index in [1.54, 1.807) is 0 Å². The number of nitrogen functional groups attached to an aromatic ring is 1. The maximum Gasteiger partial charge on any atom is 0.230 e. The fourth-order valence-electron chi connectivity index (χ4n) is 1.52. The molecule has 17 heavy (non-hydrogen) atoms. The minimum Gasteiger partial charge on any atom is -0.398 e. The third-order valence-electron chi connectivity index (χ3n) is 3.03. The molecular weight excluding hydrogens is 214 g/mol. The summed E-state index contributed by atoms with van der Waals surface area (Å²) in [7, 11) is 0. The molecule has 0 saturated heterocycles. The molecule has 1 aromatic heterocycles. The van der Waals surface area contributed by atoms with Gasteiger partial charge in [-0.15, -0.1) is 0 Å². The van der Waals surface area contributed by atoms with E-state index in [2.05, 4.69) is 30.9 Å². The third-order valence-corrected chi connectivity index (χ3v) is 3.03. The molecule has 0 fully saturated rings. The van der Waals surface area contributed by atoms with Gasteiger partial charge in [-0.25, -0.2) is 0 Å². The van der Waals surface area contributed by atoms with E-state index in [1.165, 1.54) is 0 Å². The summed E-state index contributed by atoms with van der Waals surface area (Å²) >= 11 is 0. The second kappa shape index (κ2) is 4.57. The number of nitrogens with two attached hydrogens (primary N) is 1. The summed E-state index contributed by atoms with van der Waals surface area (Å²) in [5.74, 6) is 1.95. The standard InChI is InChI=1S/C13H17N3O/c1-8(2)9(3)13-15-12(16-17-13)10-6-4-5-7-11(10)14/h4-9H,14H2,1-3H3. The molecule has 1 aromatic carbocycles. The SMILES string of the molecule is CC(C)C(C)c1nc(-c2ccccc2N)no1. The van der Waals surface area contributed by atoms with Crippen LogP contribution in [0.15, 0.2) is 28.8 Å². The predicted octanol–water partition coefficient (Wildman–Crippen LogP) is 3.08. The molecule has 0 saturated carbocycles. The van der Waals surface area contributed by atoms with E-state index < -0.39 is 0 Å². The Balaban J connectivity index is 2.34. The van der Waals surface area contributed by atoms with Gasteiger partial charge in [-0.1, -0.05) is 38.1 Å². The minimum atomic E-state index is 0.251. The van der Waals surface area contributed by atoms with Crippen molar-refractivity contribution in [2.75, 3.05) is 5.73 Å². The fraction of sp³-hybridized carbons (Fsp3) is 0.385. The molecule has 0 aliphatic rings. The van der Waals surface area contributed by atoms with E-state index >= 15 is 0 Å². The first kappa shape index (κ1) is 11.6. The first-order valence-electron chi connectivity index (χ1n) is 5.78. The van der Waals surface area contributed by atoms with Gasteiger partial charge >= 0.3 is 0 Å². The van der Waals surface area contributed by atoms with Crippen molar-refractivity contribution in [3.63, 3.8) is 0 Å². The van der Waals surface area contributed by atoms with Crippen molar-refractivity contribution in [1.29, 1.82) is 0 Å². The van der Waals surface area contributed by atoms with Crippen LogP contribution in [-0.2, 0) is 0 Å². The van der Waals surface area contributed by atoms with Crippen LogP contribution in [0, 0.1) is 5.92 Å². The molecule has 0 aliphatic heterocycles. The second-order valence-corrected chi connectivity index (χ2v) is 4.58. The highest BCUT2D eigenvalue weighted by molar-refractivity contribution is 5.70. The highest BCUT2D eigenvalue weighted by Gasteiger charge is 2.18. The van der Waals surface area contributed by atoms with E-state index in [4.69, 9.17) is 10.3 Å². The Morgan fingerprint density at radius 3 is 2.53 bits per heavy atom. The summed E-state index contributed by atoms with van der Waals surface area (Å²) < 4.78 is 5.28. The largest absolute Gasteiger partial charge is 0.398 e. The highest BCUT2D eigenvalue weighted by Crippen LogP contribution is 2.27. The van der Waals surface area contributed by atoms with Crippen LogP contribution < -0.4 is 5.73 Å². The summed E-state index contributed by atoms with van der Waals surface area (Å²) in [6.07, 6.45) is 0. The van der Waals surface area contributed by atoms with Crippen LogP contribution in [0.3, 0.4) is 0 Å². The minimum absolute atomic E-state index is 0.251. The monoisotopic (exact) mass is 231 g/mol. The zero-order chi connectivity index (χ0) is 12.4. The first-order chi connectivity index (χ1) is 8.09. The number of benzene rings is 1. The lowest BCUT2D eigenvalue weighted by atomic mass is 9.98. The quantitative estimate of drug-likeness (QED) is 0.824. The number of rotatable bonds is 3. The van der Waals surface area contributed by atoms with Gasteiger partial charge in [0.15, 0.2) is 0 Å². The Labute approximate surface area is 101 Å². The summed E-state index contributed by atoms with van der Waals surface area (Å²) in [6, 6.07) is 7.52. The van der Waals surface area contributed by atoms with Crippen molar-refractivity contribution in [2.45, 2.75) is 26.7 Å². The molecule has 1 atom stereocenters. The van der Waals surface area contributed by atoms with Crippen molar-refractivity contribution < 1.29 is 4.52 Å².